The predicted octanol–water partition coefficient (Wildman–Crippen LogP) is 1.41. The van der Waals surface area contributed by atoms with Crippen molar-refractivity contribution in [2.45, 2.75) is 38.7 Å². The van der Waals surface area contributed by atoms with E-state index in [9.17, 15) is 10.1 Å². The second-order valence-electron chi connectivity index (χ2n) is 4.82. The monoisotopic (exact) mass is 268 g/mol. The van der Waals surface area contributed by atoms with Gasteiger partial charge in [-0.15, -0.1) is 0 Å². The van der Waals surface area contributed by atoms with Gasteiger partial charge in [0, 0.05) is 13.6 Å². The van der Waals surface area contributed by atoms with Gasteiger partial charge >= 0.3 is 5.69 Å². The molecule has 0 bridgehead atoms. The van der Waals surface area contributed by atoms with Crippen LogP contribution in [0.1, 0.15) is 31.9 Å². The van der Waals surface area contributed by atoms with E-state index in [1.165, 1.54) is 4.68 Å². The number of hydrogen-bond acceptors (Lipinski definition) is 5. The predicted molar refractivity (Wildman–Crippen MR) is 70.4 cm³/mol. The van der Waals surface area contributed by atoms with Crippen molar-refractivity contribution < 1.29 is 9.66 Å². The van der Waals surface area contributed by atoms with E-state index in [1.54, 1.807) is 7.05 Å². The number of nitro groups is 1. The van der Waals surface area contributed by atoms with Gasteiger partial charge in [-0.2, -0.15) is 5.10 Å². The van der Waals surface area contributed by atoms with Gasteiger partial charge in [-0.3, -0.25) is 10.1 Å². The maximum atomic E-state index is 11.2. The zero-order valence-electron chi connectivity index (χ0n) is 11.4. The lowest BCUT2D eigenvalue weighted by molar-refractivity contribution is -0.386. The molecule has 0 radical (unpaired) electrons. The number of aryl methyl sites for hydroxylation is 2. The number of ether oxygens (including phenoxy) is 1. The highest BCUT2D eigenvalue weighted by Gasteiger charge is 2.30. The molecule has 0 aromatic carbocycles. The maximum Gasteiger partial charge on any atom is 0.353 e. The molecule has 1 aliphatic rings. The molecule has 1 aromatic heterocycles. The smallest absolute Gasteiger partial charge is 0.353 e. The van der Waals surface area contributed by atoms with E-state index in [1.807, 2.05) is 6.92 Å². The summed E-state index contributed by atoms with van der Waals surface area (Å²) >= 11 is 0. The molecule has 1 atom stereocenters. The van der Waals surface area contributed by atoms with Gasteiger partial charge in [0.15, 0.2) is 0 Å². The van der Waals surface area contributed by atoms with Crippen LogP contribution < -0.4 is 10.1 Å². The lowest BCUT2D eigenvalue weighted by atomic mass is 10.1. The van der Waals surface area contributed by atoms with Crippen molar-refractivity contribution >= 4 is 5.69 Å². The van der Waals surface area contributed by atoms with Crippen molar-refractivity contribution in [3.8, 4) is 5.88 Å². The molecule has 7 heteroatoms. The van der Waals surface area contributed by atoms with Gasteiger partial charge in [-0.05, 0) is 25.8 Å². The Labute approximate surface area is 112 Å². The molecular formula is C12H20N4O3. The number of piperidine rings is 1. The van der Waals surface area contributed by atoms with Gasteiger partial charge in [0.05, 0.1) is 4.92 Å². The normalized spacial score (nSPS) is 19.4. The van der Waals surface area contributed by atoms with E-state index in [2.05, 4.69) is 10.4 Å². The van der Waals surface area contributed by atoms with Crippen molar-refractivity contribution in [3.05, 3.63) is 15.8 Å². The van der Waals surface area contributed by atoms with Gasteiger partial charge in [0.2, 0.25) is 0 Å². The van der Waals surface area contributed by atoms with Crippen LogP contribution in [0.2, 0.25) is 0 Å². The first-order valence-corrected chi connectivity index (χ1v) is 6.71. The molecule has 1 N–H and O–H groups in total. The number of aromatic nitrogens is 2. The molecule has 1 aliphatic heterocycles. The summed E-state index contributed by atoms with van der Waals surface area (Å²) in [4.78, 5) is 10.8. The Balaban J connectivity index is 2.24. The van der Waals surface area contributed by atoms with Crippen LogP contribution in [0.5, 0.6) is 5.88 Å². The summed E-state index contributed by atoms with van der Waals surface area (Å²) in [6.07, 6.45) is 3.34. The molecule has 0 spiro atoms. The molecular weight excluding hydrogens is 248 g/mol. The summed E-state index contributed by atoms with van der Waals surface area (Å²) in [5, 5.41) is 18.7. The highest BCUT2D eigenvalue weighted by atomic mass is 16.6. The van der Waals surface area contributed by atoms with Crippen LogP contribution in [-0.2, 0) is 13.5 Å². The van der Waals surface area contributed by atoms with E-state index in [-0.39, 0.29) is 22.6 Å². The Morgan fingerprint density at radius 1 is 1.63 bits per heavy atom. The third kappa shape index (κ3) is 3.04. The molecule has 19 heavy (non-hydrogen) atoms. The largest absolute Gasteiger partial charge is 0.468 e. The summed E-state index contributed by atoms with van der Waals surface area (Å²) in [6.45, 7) is 3.68. The van der Waals surface area contributed by atoms with E-state index in [4.69, 9.17) is 4.74 Å². The lowest BCUT2D eigenvalue weighted by Crippen LogP contribution is -2.37. The first-order chi connectivity index (χ1) is 9.13. The van der Waals surface area contributed by atoms with E-state index in [0.717, 1.165) is 32.4 Å². The Kier molecular flexibility index (Phi) is 4.36. The Hall–Kier alpha value is -1.63. The van der Waals surface area contributed by atoms with Crippen LogP contribution in [0.3, 0.4) is 0 Å². The standard InChI is InChI=1S/C12H20N4O3/c1-3-5-10-11(16(17)18)12(15(2)14-10)19-9-6-4-7-13-8-9/h9,13H,3-8H2,1-2H3/t9-/m0/s1. The van der Waals surface area contributed by atoms with Crippen molar-refractivity contribution in [1.82, 2.24) is 15.1 Å². The molecule has 0 unspecified atom stereocenters. The minimum Gasteiger partial charge on any atom is -0.468 e. The highest BCUT2D eigenvalue weighted by Crippen LogP contribution is 2.32. The van der Waals surface area contributed by atoms with Gasteiger partial charge in [0.25, 0.3) is 5.88 Å². The summed E-state index contributed by atoms with van der Waals surface area (Å²) in [5.74, 6) is 0.280. The third-order valence-electron chi connectivity index (χ3n) is 3.24. The fourth-order valence-electron chi connectivity index (χ4n) is 2.35. The van der Waals surface area contributed by atoms with Gasteiger partial charge in [-0.1, -0.05) is 13.3 Å². The second kappa shape index (κ2) is 6.01. The minimum absolute atomic E-state index is 0.0164. The molecule has 7 nitrogen and oxygen atoms in total. The second-order valence-corrected chi connectivity index (χ2v) is 4.82. The summed E-state index contributed by atoms with van der Waals surface area (Å²) in [7, 11) is 1.69. The van der Waals surface area contributed by atoms with Gasteiger partial charge in [0.1, 0.15) is 11.8 Å². The average Bonchev–Trinajstić information content (AvgIpc) is 2.68. The van der Waals surface area contributed by atoms with Crippen LogP contribution in [0.15, 0.2) is 0 Å². The first-order valence-electron chi connectivity index (χ1n) is 6.71. The zero-order chi connectivity index (χ0) is 13.8. The van der Waals surface area contributed by atoms with E-state index < -0.39 is 0 Å². The Bertz CT molecular complexity index is 452. The fourth-order valence-corrected chi connectivity index (χ4v) is 2.35. The molecule has 106 valence electrons. The average molecular weight is 268 g/mol. The van der Waals surface area contributed by atoms with Gasteiger partial charge < -0.3 is 10.1 Å². The SMILES string of the molecule is CCCc1nn(C)c(O[C@H]2CCCNC2)c1[N+](=O)[O-]. The maximum absolute atomic E-state index is 11.2. The number of nitrogens with zero attached hydrogens (tertiary/aromatic N) is 3. The van der Waals surface area contributed by atoms with Crippen LogP contribution in [0.25, 0.3) is 0 Å². The zero-order valence-corrected chi connectivity index (χ0v) is 11.4. The molecule has 2 heterocycles. The molecule has 2 rings (SSSR count). The topological polar surface area (TPSA) is 82.2 Å². The molecule has 0 aliphatic carbocycles. The Morgan fingerprint density at radius 3 is 3.00 bits per heavy atom. The van der Waals surface area contributed by atoms with Crippen LogP contribution in [0.4, 0.5) is 5.69 Å². The number of hydrogen-bond donors (Lipinski definition) is 1. The number of rotatable bonds is 5. The first kappa shape index (κ1) is 13.8. The summed E-state index contributed by atoms with van der Waals surface area (Å²) in [5.41, 5.74) is 0.531. The van der Waals surface area contributed by atoms with Gasteiger partial charge in [-0.25, -0.2) is 4.68 Å². The van der Waals surface area contributed by atoms with Crippen molar-refractivity contribution in [1.29, 1.82) is 0 Å². The third-order valence-corrected chi connectivity index (χ3v) is 3.24. The molecule has 1 fully saturated rings. The lowest BCUT2D eigenvalue weighted by Gasteiger charge is -2.23. The number of nitrogens with one attached hydrogen (secondary N) is 1. The minimum atomic E-state index is -0.385. The van der Waals surface area contributed by atoms with Crippen molar-refractivity contribution in [3.63, 3.8) is 0 Å². The van der Waals surface area contributed by atoms with E-state index >= 15 is 0 Å². The summed E-state index contributed by atoms with van der Waals surface area (Å²) in [6, 6.07) is 0. The highest BCUT2D eigenvalue weighted by molar-refractivity contribution is 5.46. The fraction of sp³-hybridized carbons (Fsp3) is 0.750. The van der Waals surface area contributed by atoms with Crippen LogP contribution >= 0.6 is 0 Å². The molecule has 0 amide bonds. The quantitative estimate of drug-likeness (QED) is 0.645. The Morgan fingerprint density at radius 2 is 2.42 bits per heavy atom. The molecule has 1 aromatic rings. The molecule has 0 saturated carbocycles. The van der Waals surface area contributed by atoms with Crippen LogP contribution in [0, 0.1) is 10.1 Å². The summed E-state index contributed by atoms with van der Waals surface area (Å²) < 4.78 is 7.29. The van der Waals surface area contributed by atoms with Crippen molar-refractivity contribution in [2.24, 2.45) is 7.05 Å². The molecule has 1 saturated heterocycles. The van der Waals surface area contributed by atoms with Crippen LogP contribution in [-0.4, -0.2) is 33.9 Å². The van der Waals surface area contributed by atoms with Crippen molar-refractivity contribution in [2.75, 3.05) is 13.1 Å². The van der Waals surface area contributed by atoms with E-state index in [0.29, 0.717) is 12.1 Å².